The van der Waals surface area contributed by atoms with E-state index >= 15 is 0 Å². The van der Waals surface area contributed by atoms with Crippen molar-refractivity contribution in [2.75, 3.05) is 0 Å². The molecular formula is C15H13Cl2FO. The van der Waals surface area contributed by atoms with E-state index in [1.165, 1.54) is 6.07 Å². The Bertz CT molecular complexity index is 564. The molecule has 0 heterocycles. The van der Waals surface area contributed by atoms with Crippen molar-refractivity contribution >= 4 is 23.2 Å². The minimum Gasteiger partial charge on any atom is -0.488 e. The molecule has 0 atom stereocenters. The molecule has 0 N–H and O–H groups in total. The van der Waals surface area contributed by atoms with Crippen molar-refractivity contribution in [2.45, 2.75) is 19.4 Å². The molecule has 100 valence electrons. The lowest BCUT2D eigenvalue weighted by molar-refractivity contribution is 0.295. The monoisotopic (exact) mass is 298 g/mol. The standard InChI is InChI=1S/C15H13Cl2FO/c1-10-4-2-5-11(8-16)15(10)19-9-12-13(17)6-3-7-14(12)18/h2-7H,8-9H2,1H3. The first-order chi connectivity index (χ1) is 9.13. The van der Waals surface area contributed by atoms with Gasteiger partial charge in [-0.25, -0.2) is 4.39 Å². The van der Waals surface area contributed by atoms with Gasteiger partial charge in [0, 0.05) is 11.1 Å². The van der Waals surface area contributed by atoms with Crippen LogP contribution >= 0.6 is 23.2 Å². The SMILES string of the molecule is Cc1cccc(CCl)c1OCc1c(F)cccc1Cl. The number of alkyl halides is 1. The molecule has 0 unspecified atom stereocenters. The Morgan fingerprint density at radius 1 is 1.16 bits per heavy atom. The Labute approximate surface area is 121 Å². The normalized spacial score (nSPS) is 10.5. The summed E-state index contributed by atoms with van der Waals surface area (Å²) >= 11 is 11.8. The summed E-state index contributed by atoms with van der Waals surface area (Å²) in [7, 11) is 0. The number of ether oxygens (including phenoxy) is 1. The van der Waals surface area contributed by atoms with Crippen molar-refractivity contribution in [3.8, 4) is 5.75 Å². The highest BCUT2D eigenvalue weighted by Gasteiger charge is 2.10. The fourth-order valence-electron chi connectivity index (χ4n) is 1.84. The maximum absolute atomic E-state index is 13.6. The summed E-state index contributed by atoms with van der Waals surface area (Å²) in [5, 5.41) is 0.362. The average Bonchev–Trinajstić information content (AvgIpc) is 2.39. The number of hydrogen-bond acceptors (Lipinski definition) is 1. The first-order valence-corrected chi connectivity index (χ1v) is 6.75. The van der Waals surface area contributed by atoms with Crippen molar-refractivity contribution < 1.29 is 9.13 Å². The third-order valence-electron chi connectivity index (χ3n) is 2.86. The number of aryl methyl sites for hydroxylation is 1. The predicted octanol–water partition coefficient (Wildman–Crippen LogP) is 5.11. The maximum atomic E-state index is 13.6. The van der Waals surface area contributed by atoms with Gasteiger partial charge < -0.3 is 4.74 Å². The quantitative estimate of drug-likeness (QED) is 0.713. The molecule has 0 fully saturated rings. The second kappa shape index (κ2) is 6.27. The third-order valence-corrected chi connectivity index (χ3v) is 3.50. The van der Waals surface area contributed by atoms with Crippen LogP contribution in [0.2, 0.25) is 5.02 Å². The van der Waals surface area contributed by atoms with Gasteiger partial charge in [-0.15, -0.1) is 11.6 Å². The molecule has 0 aliphatic heterocycles. The molecule has 0 saturated carbocycles. The number of rotatable bonds is 4. The van der Waals surface area contributed by atoms with Crippen LogP contribution in [0.15, 0.2) is 36.4 Å². The number of para-hydroxylation sites is 1. The van der Waals surface area contributed by atoms with Gasteiger partial charge in [-0.1, -0.05) is 35.9 Å². The lowest BCUT2D eigenvalue weighted by Crippen LogP contribution is -2.02. The lowest BCUT2D eigenvalue weighted by Gasteiger charge is -2.13. The molecule has 1 nitrogen and oxygen atoms in total. The zero-order valence-corrected chi connectivity index (χ0v) is 11.9. The molecule has 0 aliphatic rings. The Hall–Kier alpha value is -1.25. The van der Waals surface area contributed by atoms with Crippen LogP contribution in [-0.4, -0.2) is 0 Å². The molecule has 2 aromatic carbocycles. The molecule has 4 heteroatoms. The molecular weight excluding hydrogens is 286 g/mol. The van der Waals surface area contributed by atoms with E-state index in [9.17, 15) is 4.39 Å². The van der Waals surface area contributed by atoms with Gasteiger partial charge >= 0.3 is 0 Å². The van der Waals surface area contributed by atoms with Gasteiger partial charge in [0.15, 0.2) is 0 Å². The van der Waals surface area contributed by atoms with E-state index in [2.05, 4.69) is 0 Å². The fourth-order valence-corrected chi connectivity index (χ4v) is 2.27. The zero-order chi connectivity index (χ0) is 13.8. The van der Waals surface area contributed by atoms with E-state index in [0.29, 0.717) is 22.2 Å². The molecule has 19 heavy (non-hydrogen) atoms. The highest BCUT2D eigenvalue weighted by Crippen LogP contribution is 2.27. The number of benzene rings is 2. The molecule has 2 aromatic rings. The summed E-state index contributed by atoms with van der Waals surface area (Å²) in [6.07, 6.45) is 0. The second-order valence-corrected chi connectivity index (χ2v) is 4.86. The lowest BCUT2D eigenvalue weighted by atomic mass is 10.1. The minimum atomic E-state index is -0.367. The number of hydrogen-bond donors (Lipinski definition) is 0. The van der Waals surface area contributed by atoms with E-state index in [4.69, 9.17) is 27.9 Å². The molecule has 0 amide bonds. The summed E-state index contributed by atoms with van der Waals surface area (Å²) in [4.78, 5) is 0. The predicted molar refractivity (Wildman–Crippen MR) is 76.5 cm³/mol. The molecule has 0 saturated heterocycles. The van der Waals surface area contributed by atoms with Gasteiger partial charge in [0.05, 0.1) is 10.9 Å². The summed E-state index contributed by atoms with van der Waals surface area (Å²) in [6.45, 7) is 2.01. The van der Waals surface area contributed by atoms with E-state index in [-0.39, 0.29) is 12.4 Å². The summed E-state index contributed by atoms with van der Waals surface area (Å²) in [5.74, 6) is 0.674. The molecule has 0 spiro atoms. The van der Waals surface area contributed by atoms with E-state index in [0.717, 1.165) is 11.1 Å². The summed E-state index contributed by atoms with van der Waals surface area (Å²) in [6, 6.07) is 10.3. The average molecular weight is 299 g/mol. The second-order valence-electron chi connectivity index (χ2n) is 4.19. The topological polar surface area (TPSA) is 9.23 Å². The molecule has 0 aromatic heterocycles. The minimum absolute atomic E-state index is 0.0836. The highest BCUT2D eigenvalue weighted by molar-refractivity contribution is 6.31. The van der Waals surface area contributed by atoms with Crippen molar-refractivity contribution in [1.29, 1.82) is 0 Å². The van der Waals surface area contributed by atoms with Gasteiger partial charge in [0.2, 0.25) is 0 Å². The van der Waals surface area contributed by atoms with Gasteiger partial charge in [0.1, 0.15) is 18.2 Å². The zero-order valence-electron chi connectivity index (χ0n) is 10.4. The third kappa shape index (κ3) is 3.20. The van der Waals surface area contributed by atoms with Crippen LogP contribution in [0.4, 0.5) is 4.39 Å². The summed E-state index contributed by atoms with van der Waals surface area (Å²) < 4.78 is 19.3. The van der Waals surface area contributed by atoms with Crippen LogP contribution in [0.3, 0.4) is 0 Å². The van der Waals surface area contributed by atoms with Crippen molar-refractivity contribution in [3.05, 3.63) is 63.9 Å². The highest BCUT2D eigenvalue weighted by atomic mass is 35.5. The Morgan fingerprint density at radius 2 is 1.89 bits per heavy atom. The van der Waals surface area contributed by atoms with Gasteiger partial charge in [-0.05, 0) is 24.6 Å². The van der Waals surface area contributed by atoms with Crippen molar-refractivity contribution in [2.24, 2.45) is 0 Å². The Balaban J connectivity index is 2.24. The Morgan fingerprint density at radius 3 is 2.58 bits per heavy atom. The van der Waals surface area contributed by atoms with Crippen LogP contribution < -0.4 is 4.74 Å². The van der Waals surface area contributed by atoms with Crippen LogP contribution in [0, 0.1) is 12.7 Å². The molecule has 0 radical (unpaired) electrons. The summed E-state index contributed by atoms with van der Waals surface area (Å²) in [5.41, 5.74) is 2.20. The van der Waals surface area contributed by atoms with E-state index < -0.39 is 0 Å². The van der Waals surface area contributed by atoms with E-state index in [1.54, 1.807) is 12.1 Å². The Kier molecular flexibility index (Phi) is 4.67. The molecule has 0 bridgehead atoms. The smallest absolute Gasteiger partial charge is 0.131 e. The fraction of sp³-hybridized carbons (Fsp3) is 0.200. The maximum Gasteiger partial charge on any atom is 0.131 e. The van der Waals surface area contributed by atoms with Crippen LogP contribution in [-0.2, 0) is 12.5 Å². The van der Waals surface area contributed by atoms with Crippen LogP contribution in [0.5, 0.6) is 5.75 Å². The van der Waals surface area contributed by atoms with Crippen molar-refractivity contribution in [1.82, 2.24) is 0 Å². The first kappa shape index (κ1) is 14.2. The van der Waals surface area contributed by atoms with Crippen LogP contribution in [0.1, 0.15) is 16.7 Å². The van der Waals surface area contributed by atoms with E-state index in [1.807, 2.05) is 25.1 Å². The number of halogens is 3. The largest absolute Gasteiger partial charge is 0.488 e. The van der Waals surface area contributed by atoms with Gasteiger partial charge in [0.25, 0.3) is 0 Å². The van der Waals surface area contributed by atoms with Gasteiger partial charge in [-0.2, -0.15) is 0 Å². The van der Waals surface area contributed by atoms with Crippen LogP contribution in [0.25, 0.3) is 0 Å². The molecule has 0 aliphatic carbocycles. The van der Waals surface area contributed by atoms with Gasteiger partial charge in [-0.3, -0.25) is 0 Å². The molecule has 2 rings (SSSR count). The first-order valence-electron chi connectivity index (χ1n) is 5.83. The van der Waals surface area contributed by atoms with Crippen molar-refractivity contribution in [3.63, 3.8) is 0 Å².